The van der Waals surface area contributed by atoms with Crippen LogP contribution in [0.4, 0.5) is 5.69 Å². The molecular formula is C32H25N3O4S. The van der Waals surface area contributed by atoms with Crippen LogP contribution in [0, 0.1) is 0 Å². The van der Waals surface area contributed by atoms with Gasteiger partial charge in [-0.1, -0.05) is 72.0 Å². The molecule has 7 nitrogen and oxygen atoms in total. The molecule has 1 aliphatic rings. The molecule has 40 heavy (non-hydrogen) atoms. The number of nitrogens with one attached hydrogen (secondary N) is 1. The molecule has 1 aliphatic heterocycles. The number of hydrogen-bond acceptors (Lipinski definition) is 6. The smallest absolute Gasteiger partial charge is 0.271 e. The van der Waals surface area contributed by atoms with E-state index in [0.717, 1.165) is 10.8 Å². The van der Waals surface area contributed by atoms with E-state index in [0.29, 0.717) is 43.2 Å². The van der Waals surface area contributed by atoms with Gasteiger partial charge in [0.15, 0.2) is 4.80 Å². The van der Waals surface area contributed by atoms with Crippen LogP contribution in [0.1, 0.15) is 24.1 Å². The summed E-state index contributed by atoms with van der Waals surface area (Å²) in [5.41, 5.74) is 2.49. The lowest BCUT2D eigenvalue weighted by Crippen LogP contribution is -2.40. The minimum Gasteiger partial charge on any atom is -0.507 e. The first-order valence-electron chi connectivity index (χ1n) is 12.7. The summed E-state index contributed by atoms with van der Waals surface area (Å²) in [5.74, 6) is 0.340. The molecule has 1 atom stereocenters. The molecule has 5 aromatic rings. The Morgan fingerprint density at radius 2 is 1.80 bits per heavy atom. The van der Waals surface area contributed by atoms with Gasteiger partial charge in [-0.2, -0.15) is 0 Å². The number of aromatic hydroxyl groups is 1. The van der Waals surface area contributed by atoms with Crippen molar-refractivity contribution in [3.8, 4) is 11.5 Å². The standard InChI is InChI=1S/C32H25N3O4S/c1-19-28(30(37)34-22-11-4-3-5-12-22)29(21-10-8-13-23(17-21)39-2)35-31(38)27(40-32(35)33-19)18-25-24-14-7-6-9-20(24)15-16-26(25)36/h3-18,29,36H,1-2H3,(H,34,37)/b27-18-/t29-/m1/s1. The minimum atomic E-state index is -0.738. The van der Waals surface area contributed by atoms with E-state index in [1.807, 2.05) is 72.8 Å². The van der Waals surface area contributed by atoms with Gasteiger partial charge < -0.3 is 15.2 Å². The molecule has 198 valence electrons. The van der Waals surface area contributed by atoms with Crippen molar-refractivity contribution in [2.45, 2.75) is 13.0 Å². The van der Waals surface area contributed by atoms with E-state index in [1.165, 1.54) is 11.3 Å². The molecule has 1 aromatic heterocycles. The highest BCUT2D eigenvalue weighted by Crippen LogP contribution is 2.33. The number of phenols is 1. The summed E-state index contributed by atoms with van der Waals surface area (Å²) >= 11 is 1.22. The second-order valence-corrected chi connectivity index (χ2v) is 10.4. The molecule has 2 N–H and O–H groups in total. The SMILES string of the molecule is COc1cccc([C@@H]2C(C(=O)Nc3ccccc3)=C(C)N=c3s/c(=C\c4c(O)ccc5ccccc45)c(=O)n32)c1. The topological polar surface area (TPSA) is 92.9 Å². The number of para-hydroxylation sites is 1. The van der Waals surface area contributed by atoms with Gasteiger partial charge in [-0.15, -0.1) is 0 Å². The number of nitrogens with zero attached hydrogens (tertiary/aromatic N) is 2. The second kappa shape index (κ2) is 10.3. The van der Waals surface area contributed by atoms with Gasteiger partial charge in [0.1, 0.15) is 11.5 Å². The normalized spacial score (nSPS) is 15.1. The summed E-state index contributed by atoms with van der Waals surface area (Å²) in [4.78, 5) is 32.9. The van der Waals surface area contributed by atoms with Gasteiger partial charge in [0, 0.05) is 11.3 Å². The summed E-state index contributed by atoms with van der Waals surface area (Å²) in [7, 11) is 1.57. The van der Waals surface area contributed by atoms with Gasteiger partial charge in [0.25, 0.3) is 11.5 Å². The fourth-order valence-electron chi connectivity index (χ4n) is 5.03. The van der Waals surface area contributed by atoms with Crippen LogP contribution in [0.15, 0.2) is 112 Å². The number of ether oxygens (including phenoxy) is 1. The first-order valence-corrected chi connectivity index (χ1v) is 13.5. The molecule has 0 saturated heterocycles. The number of phenolic OH excluding ortho intramolecular Hbond substituents is 1. The van der Waals surface area contributed by atoms with Crippen LogP contribution in [-0.4, -0.2) is 22.7 Å². The molecule has 2 heterocycles. The molecule has 0 aliphatic carbocycles. The van der Waals surface area contributed by atoms with E-state index in [2.05, 4.69) is 5.32 Å². The van der Waals surface area contributed by atoms with E-state index < -0.39 is 6.04 Å². The number of methoxy groups -OCH3 is 1. The van der Waals surface area contributed by atoms with Crippen LogP contribution in [0.5, 0.6) is 11.5 Å². The number of fused-ring (bicyclic) bond motifs is 2. The van der Waals surface area contributed by atoms with E-state index >= 15 is 0 Å². The van der Waals surface area contributed by atoms with Crippen LogP contribution in [0.2, 0.25) is 0 Å². The summed E-state index contributed by atoms with van der Waals surface area (Å²) in [6, 6.07) is 26.9. The maximum absolute atomic E-state index is 14.1. The van der Waals surface area contributed by atoms with Gasteiger partial charge >= 0.3 is 0 Å². The molecule has 4 aromatic carbocycles. The molecule has 0 spiro atoms. The predicted molar refractivity (Wildman–Crippen MR) is 157 cm³/mol. The highest BCUT2D eigenvalue weighted by Gasteiger charge is 2.32. The van der Waals surface area contributed by atoms with Crippen molar-refractivity contribution in [3.05, 3.63) is 133 Å². The lowest BCUT2D eigenvalue weighted by atomic mass is 9.95. The Morgan fingerprint density at radius 1 is 1.02 bits per heavy atom. The average Bonchev–Trinajstić information content (AvgIpc) is 3.28. The van der Waals surface area contributed by atoms with Crippen LogP contribution in [0.3, 0.4) is 0 Å². The second-order valence-electron chi connectivity index (χ2n) is 9.40. The molecule has 0 fully saturated rings. The third-order valence-electron chi connectivity index (χ3n) is 6.93. The van der Waals surface area contributed by atoms with Crippen molar-refractivity contribution in [1.29, 1.82) is 0 Å². The van der Waals surface area contributed by atoms with Crippen LogP contribution >= 0.6 is 11.3 Å². The molecule has 0 bridgehead atoms. The number of aromatic nitrogens is 1. The lowest BCUT2D eigenvalue weighted by molar-refractivity contribution is -0.113. The molecular weight excluding hydrogens is 522 g/mol. The highest BCUT2D eigenvalue weighted by molar-refractivity contribution is 7.07. The maximum Gasteiger partial charge on any atom is 0.271 e. The Morgan fingerprint density at radius 3 is 2.60 bits per heavy atom. The highest BCUT2D eigenvalue weighted by atomic mass is 32.1. The number of allylic oxidation sites excluding steroid dienone is 1. The fraction of sp³-hybridized carbons (Fsp3) is 0.0938. The third kappa shape index (κ3) is 4.48. The van der Waals surface area contributed by atoms with Crippen molar-refractivity contribution >= 4 is 39.8 Å². The number of benzene rings is 4. The minimum absolute atomic E-state index is 0.0768. The van der Waals surface area contributed by atoms with E-state index in [1.54, 1.807) is 42.9 Å². The molecule has 0 radical (unpaired) electrons. The third-order valence-corrected chi connectivity index (χ3v) is 7.91. The van der Waals surface area contributed by atoms with E-state index in [4.69, 9.17) is 9.73 Å². The quantitative estimate of drug-likeness (QED) is 0.333. The zero-order valence-corrected chi connectivity index (χ0v) is 22.6. The Hall–Kier alpha value is -4.95. The fourth-order valence-corrected chi connectivity index (χ4v) is 6.05. The Bertz CT molecular complexity index is 1990. The van der Waals surface area contributed by atoms with Crippen LogP contribution in [0.25, 0.3) is 16.8 Å². The molecule has 6 rings (SSSR count). The molecule has 0 unspecified atom stereocenters. The van der Waals surface area contributed by atoms with Crippen molar-refractivity contribution in [2.24, 2.45) is 4.99 Å². The average molecular weight is 548 g/mol. The monoisotopic (exact) mass is 547 g/mol. The van der Waals surface area contributed by atoms with E-state index in [-0.39, 0.29) is 17.2 Å². The number of thiazole rings is 1. The zero-order chi connectivity index (χ0) is 27.8. The largest absolute Gasteiger partial charge is 0.507 e. The van der Waals surface area contributed by atoms with Gasteiger partial charge in [0.05, 0.1) is 29.0 Å². The predicted octanol–water partition coefficient (Wildman–Crippen LogP) is 4.74. The summed E-state index contributed by atoms with van der Waals surface area (Å²) in [6.07, 6.45) is 1.70. The Labute approximate surface area is 233 Å². The first-order chi connectivity index (χ1) is 19.4. The molecule has 8 heteroatoms. The first kappa shape index (κ1) is 25.3. The molecule has 1 amide bonds. The lowest BCUT2D eigenvalue weighted by Gasteiger charge is -2.25. The number of hydrogen-bond donors (Lipinski definition) is 2. The van der Waals surface area contributed by atoms with Crippen molar-refractivity contribution in [3.63, 3.8) is 0 Å². The number of carbonyl (C=O) groups excluding carboxylic acids is 1. The summed E-state index contributed by atoms with van der Waals surface area (Å²) < 4.78 is 7.42. The van der Waals surface area contributed by atoms with Crippen LogP contribution in [-0.2, 0) is 4.79 Å². The van der Waals surface area contributed by atoms with Crippen molar-refractivity contribution in [1.82, 2.24) is 4.57 Å². The number of anilines is 1. The van der Waals surface area contributed by atoms with Gasteiger partial charge in [-0.05, 0) is 59.7 Å². The van der Waals surface area contributed by atoms with E-state index in [9.17, 15) is 14.7 Å². The zero-order valence-electron chi connectivity index (χ0n) is 21.8. The van der Waals surface area contributed by atoms with Gasteiger partial charge in [-0.25, -0.2) is 4.99 Å². The van der Waals surface area contributed by atoms with Gasteiger partial charge in [0.2, 0.25) is 0 Å². The van der Waals surface area contributed by atoms with Crippen LogP contribution < -0.4 is 24.9 Å². The summed E-state index contributed by atoms with van der Waals surface area (Å²) in [6.45, 7) is 1.78. The maximum atomic E-state index is 14.1. The Kier molecular flexibility index (Phi) is 6.53. The van der Waals surface area contributed by atoms with Gasteiger partial charge in [-0.3, -0.25) is 14.2 Å². The number of carbonyl (C=O) groups is 1. The molecule has 0 saturated carbocycles. The Balaban J connectivity index is 1.56. The summed E-state index contributed by atoms with van der Waals surface area (Å²) in [5, 5.41) is 15.4. The van der Waals surface area contributed by atoms with Crippen molar-refractivity contribution < 1.29 is 14.6 Å². The van der Waals surface area contributed by atoms with Crippen molar-refractivity contribution in [2.75, 3.05) is 12.4 Å². The number of amides is 1. The number of rotatable bonds is 5.